The first kappa shape index (κ1) is 12.6. The van der Waals surface area contributed by atoms with Crippen LogP contribution in [-0.2, 0) is 0 Å². The molecule has 1 saturated heterocycles. The molecule has 1 N–H and O–H groups in total. The predicted octanol–water partition coefficient (Wildman–Crippen LogP) is 2.68. The Hall–Kier alpha value is -0.860. The second kappa shape index (κ2) is 6.18. The van der Waals surface area contributed by atoms with Crippen molar-refractivity contribution in [2.75, 3.05) is 26.7 Å². The molecule has 0 amide bonds. The number of hydrogen-bond acceptors (Lipinski definition) is 2. The minimum Gasteiger partial charge on any atom is -0.319 e. The van der Waals surface area contributed by atoms with Crippen molar-refractivity contribution in [2.45, 2.75) is 25.8 Å². The highest BCUT2D eigenvalue weighted by molar-refractivity contribution is 5.18. The molecule has 1 aromatic rings. The van der Waals surface area contributed by atoms with E-state index in [0.717, 1.165) is 5.92 Å². The second-order valence-electron chi connectivity index (χ2n) is 5.12. The van der Waals surface area contributed by atoms with Gasteiger partial charge in [-0.3, -0.25) is 4.90 Å². The fourth-order valence-corrected chi connectivity index (χ4v) is 2.78. The van der Waals surface area contributed by atoms with Crippen LogP contribution in [0.15, 0.2) is 30.3 Å². The third kappa shape index (κ3) is 3.30. The van der Waals surface area contributed by atoms with Gasteiger partial charge in [-0.15, -0.1) is 0 Å². The van der Waals surface area contributed by atoms with Gasteiger partial charge < -0.3 is 5.32 Å². The average Bonchev–Trinajstić information content (AvgIpc) is 2.40. The Morgan fingerprint density at radius 3 is 2.47 bits per heavy atom. The zero-order valence-electron chi connectivity index (χ0n) is 11.0. The zero-order chi connectivity index (χ0) is 12.1. The van der Waals surface area contributed by atoms with Crippen molar-refractivity contribution >= 4 is 0 Å². The molecule has 0 aliphatic carbocycles. The van der Waals surface area contributed by atoms with Crippen molar-refractivity contribution < 1.29 is 0 Å². The number of nitrogens with one attached hydrogen (secondary N) is 1. The van der Waals surface area contributed by atoms with Crippen molar-refractivity contribution in [1.82, 2.24) is 10.2 Å². The molecule has 0 radical (unpaired) electrons. The standard InChI is InChI=1S/C15H24N2/c1-13(15-6-4-3-5-7-15)17-10-8-14(9-11-17)12-16-2/h3-7,13-14,16H,8-12H2,1-2H3. The lowest BCUT2D eigenvalue weighted by Gasteiger charge is -2.36. The summed E-state index contributed by atoms with van der Waals surface area (Å²) in [6.45, 7) is 5.98. The Labute approximate surface area is 105 Å². The molecular weight excluding hydrogens is 208 g/mol. The summed E-state index contributed by atoms with van der Waals surface area (Å²) in [4.78, 5) is 2.61. The van der Waals surface area contributed by atoms with Gasteiger partial charge >= 0.3 is 0 Å². The maximum absolute atomic E-state index is 3.29. The monoisotopic (exact) mass is 232 g/mol. The molecule has 1 atom stereocenters. The molecule has 1 fully saturated rings. The molecule has 0 bridgehead atoms. The van der Waals surface area contributed by atoms with Crippen molar-refractivity contribution in [3.8, 4) is 0 Å². The van der Waals surface area contributed by atoms with Gasteiger partial charge in [-0.25, -0.2) is 0 Å². The number of nitrogens with zero attached hydrogens (tertiary/aromatic N) is 1. The quantitative estimate of drug-likeness (QED) is 0.858. The van der Waals surface area contributed by atoms with Crippen LogP contribution in [0.1, 0.15) is 31.4 Å². The molecule has 1 heterocycles. The highest BCUT2D eigenvalue weighted by atomic mass is 15.2. The van der Waals surface area contributed by atoms with Gasteiger partial charge in [0.2, 0.25) is 0 Å². The summed E-state index contributed by atoms with van der Waals surface area (Å²) in [7, 11) is 2.05. The molecule has 1 aliphatic rings. The Morgan fingerprint density at radius 1 is 1.24 bits per heavy atom. The molecule has 0 aromatic heterocycles. The van der Waals surface area contributed by atoms with E-state index in [0.29, 0.717) is 6.04 Å². The molecule has 94 valence electrons. The molecular formula is C15H24N2. The van der Waals surface area contributed by atoms with Crippen molar-refractivity contribution in [2.24, 2.45) is 5.92 Å². The zero-order valence-corrected chi connectivity index (χ0v) is 11.0. The normalized spacial score (nSPS) is 20.4. The maximum atomic E-state index is 3.29. The summed E-state index contributed by atoms with van der Waals surface area (Å²) >= 11 is 0. The highest BCUT2D eigenvalue weighted by Crippen LogP contribution is 2.25. The average molecular weight is 232 g/mol. The van der Waals surface area contributed by atoms with Crippen LogP contribution in [-0.4, -0.2) is 31.6 Å². The number of hydrogen-bond donors (Lipinski definition) is 1. The fraction of sp³-hybridized carbons (Fsp3) is 0.600. The minimum absolute atomic E-state index is 0.562. The predicted molar refractivity (Wildman–Crippen MR) is 73.1 cm³/mol. The topological polar surface area (TPSA) is 15.3 Å². The molecule has 0 spiro atoms. The molecule has 2 heteroatoms. The van der Waals surface area contributed by atoms with Gasteiger partial charge in [0, 0.05) is 6.04 Å². The van der Waals surface area contributed by atoms with Gasteiger partial charge in [0.15, 0.2) is 0 Å². The number of rotatable bonds is 4. The third-order valence-corrected chi connectivity index (χ3v) is 3.97. The van der Waals surface area contributed by atoms with Crippen LogP contribution >= 0.6 is 0 Å². The van der Waals surface area contributed by atoms with E-state index in [1.165, 1.54) is 38.0 Å². The molecule has 1 aliphatic heterocycles. The van der Waals surface area contributed by atoms with Gasteiger partial charge in [0.1, 0.15) is 0 Å². The van der Waals surface area contributed by atoms with Gasteiger partial charge in [-0.2, -0.15) is 0 Å². The van der Waals surface area contributed by atoms with Crippen molar-refractivity contribution in [3.63, 3.8) is 0 Å². The molecule has 0 saturated carbocycles. The Bertz CT molecular complexity index is 315. The van der Waals surface area contributed by atoms with E-state index in [4.69, 9.17) is 0 Å². The fourth-order valence-electron chi connectivity index (χ4n) is 2.78. The van der Waals surface area contributed by atoms with Gasteiger partial charge in [-0.1, -0.05) is 30.3 Å². The summed E-state index contributed by atoms with van der Waals surface area (Å²) in [5.74, 6) is 0.874. The van der Waals surface area contributed by atoms with Gasteiger partial charge in [-0.05, 0) is 57.9 Å². The SMILES string of the molecule is CNCC1CCN(C(C)c2ccccc2)CC1. The molecule has 1 unspecified atom stereocenters. The minimum atomic E-state index is 0.562. The van der Waals surface area contributed by atoms with E-state index in [1.54, 1.807) is 0 Å². The van der Waals surface area contributed by atoms with Crippen LogP contribution in [0.3, 0.4) is 0 Å². The summed E-state index contributed by atoms with van der Waals surface area (Å²) < 4.78 is 0. The van der Waals surface area contributed by atoms with Crippen molar-refractivity contribution in [3.05, 3.63) is 35.9 Å². The molecule has 17 heavy (non-hydrogen) atoms. The first-order valence-corrected chi connectivity index (χ1v) is 6.75. The number of benzene rings is 1. The summed E-state index contributed by atoms with van der Waals surface area (Å²) in [6.07, 6.45) is 2.66. The number of piperidine rings is 1. The van der Waals surface area contributed by atoms with Crippen LogP contribution in [0.5, 0.6) is 0 Å². The van der Waals surface area contributed by atoms with Gasteiger partial charge in [0.05, 0.1) is 0 Å². The van der Waals surface area contributed by atoms with Crippen LogP contribution in [0.25, 0.3) is 0 Å². The van der Waals surface area contributed by atoms with Crippen LogP contribution < -0.4 is 5.32 Å². The van der Waals surface area contributed by atoms with Crippen LogP contribution in [0.2, 0.25) is 0 Å². The van der Waals surface area contributed by atoms with E-state index in [9.17, 15) is 0 Å². The van der Waals surface area contributed by atoms with Gasteiger partial charge in [0.25, 0.3) is 0 Å². The summed E-state index contributed by atoms with van der Waals surface area (Å²) in [6, 6.07) is 11.4. The molecule has 2 rings (SSSR count). The van der Waals surface area contributed by atoms with E-state index in [1.807, 2.05) is 0 Å². The lowest BCUT2D eigenvalue weighted by Crippen LogP contribution is -2.38. The number of likely N-dealkylation sites (tertiary alicyclic amines) is 1. The second-order valence-corrected chi connectivity index (χ2v) is 5.12. The van der Waals surface area contributed by atoms with Crippen molar-refractivity contribution in [1.29, 1.82) is 0 Å². The Balaban J connectivity index is 1.88. The summed E-state index contributed by atoms with van der Waals surface area (Å²) in [5.41, 5.74) is 1.44. The lowest BCUT2D eigenvalue weighted by molar-refractivity contribution is 0.141. The molecule has 2 nitrogen and oxygen atoms in total. The third-order valence-electron chi connectivity index (χ3n) is 3.97. The first-order chi connectivity index (χ1) is 8.31. The first-order valence-electron chi connectivity index (χ1n) is 6.75. The van der Waals surface area contributed by atoms with E-state index in [2.05, 4.69) is 54.5 Å². The highest BCUT2D eigenvalue weighted by Gasteiger charge is 2.22. The van der Waals surface area contributed by atoms with Crippen LogP contribution in [0.4, 0.5) is 0 Å². The summed E-state index contributed by atoms with van der Waals surface area (Å²) in [5, 5.41) is 3.29. The Morgan fingerprint density at radius 2 is 1.88 bits per heavy atom. The molecule has 1 aromatic carbocycles. The smallest absolute Gasteiger partial charge is 0.0319 e. The largest absolute Gasteiger partial charge is 0.319 e. The lowest BCUT2D eigenvalue weighted by atomic mass is 9.94. The Kier molecular flexibility index (Phi) is 4.57. The van der Waals surface area contributed by atoms with E-state index < -0.39 is 0 Å². The van der Waals surface area contributed by atoms with E-state index in [-0.39, 0.29) is 0 Å². The van der Waals surface area contributed by atoms with Crippen LogP contribution in [0, 0.1) is 5.92 Å². The maximum Gasteiger partial charge on any atom is 0.0319 e. The van der Waals surface area contributed by atoms with E-state index >= 15 is 0 Å².